The van der Waals surface area contributed by atoms with Crippen LogP contribution in [0.1, 0.15) is 32.8 Å². The van der Waals surface area contributed by atoms with E-state index in [0.29, 0.717) is 12.0 Å². The van der Waals surface area contributed by atoms with Crippen LogP contribution in [0.15, 0.2) is 30.3 Å². The van der Waals surface area contributed by atoms with E-state index < -0.39 is 5.97 Å². The average Bonchev–Trinajstić information content (AvgIpc) is 2.35. The zero-order valence-electron chi connectivity index (χ0n) is 12.1. The van der Waals surface area contributed by atoms with Gasteiger partial charge in [-0.05, 0) is 37.0 Å². The van der Waals surface area contributed by atoms with Crippen LogP contribution in [0.5, 0.6) is 0 Å². The predicted octanol–water partition coefficient (Wildman–Crippen LogP) is 3.66. The van der Waals surface area contributed by atoms with Crippen molar-refractivity contribution in [1.82, 2.24) is 0 Å². The van der Waals surface area contributed by atoms with Crippen LogP contribution >= 0.6 is 0 Å². The van der Waals surface area contributed by atoms with Gasteiger partial charge in [-0.1, -0.05) is 32.0 Å². The summed E-state index contributed by atoms with van der Waals surface area (Å²) in [5.74, 6) is -0.285. The fourth-order valence-electron chi connectivity index (χ4n) is 2.19. The third-order valence-corrected chi connectivity index (χ3v) is 3.20. The lowest BCUT2D eigenvalue weighted by molar-refractivity contribution is -0.131. The summed E-state index contributed by atoms with van der Waals surface area (Å²) in [7, 11) is 2.06. The van der Waals surface area contributed by atoms with Gasteiger partial charge in [0.2, 0.25) is 0 Å². The first-order valence-electron chi connectivity index (χ1n) is 6.64. The molecule has 19 heavy (non-hydrogen) atoms. The average molecular weight is 261 g/mol. The van der Waals surface area contributed by atoms with Gasteiger partial charge in [-0.3, -0.25) is 0 Å². The normalized spacial score (nSPS) is 12.9. The molecular weight excluding hydrogens is 238 g/mol. The number of carboxylic acids is 1. The molecule has 0 saturated heterocycles. The summed E-state index contributed by atoms with van der Waals surface area (Å²) in [6, 6.07) is 8.28. The standard InChI is InChI=1S/C16H23NO2/c1-12(2)11-13(3)17(4)15-8-6-5-7-14(15)9-10-16(18)19/h5-10,12-13H,11H2,1-4H3,(H,18,19)/b10-9+. The fraction of sp³-hybridized carbons (Fsp3) is 0.438. The molecule has 0 aliphatic rings. The molecule has 0 aliphatic carbocycles. The van der Waals surface area contributed by atoms with Gasteiger partial charge >= 0.3 is 5.97 Å². The molecule has 104 valence electrons. The second kappa shape index (κ2) is 6.98. The number of carbonyl (C=O) groups is 1. The van der Waals surface area contributed by atoms with Crippen molar-refractivity contribution in [2.45, 2.75) is 33.2 Å². The van der Waals surface area contributed by atoms with Crippen molar-refractivity contribution < 1.29 is 9.90 Å². The molecule has 0 heterocycles. The minimum atomic E-state index is -0.923. The van der Waals surface area contributed by atoms with Crippen LogP contribution in [0.25, 0.3) is 6.08 Å². The van der Waals surface area contributed by atoms with Gasteiger partial charge in [-0.2, -0.15) is 0 Å². The van der Waals surface area contributed by atoms with E-state index >= 15 is 0 Å². The predicted molar refractivity (Wildman–Crippen MR) is 80.4 cm³/mol. The zero-order valence-corrected chi connectivity index (χ0v) is 12.1. The molecule has 1 unspecified atom stereocenters. The Labute approximate surface area is 115 Å². The molecule has 0 bridgehead atoms. The second-order valence-corrected chi connectivity index (χ2v) is 5.32. The number of hydrogen-bond donors (Lipinski definition) is 1. The minimum Gasteiger partial charge on any atom is -0.478 e. The summed E-state index contributed by atoms with van der Waals surface area (Å²) in [4.78, 5) is 12.8. The molecule has 0 aliphatic heterocycles. The lowest BCUT2D eigenvalue weighted by atomic mass is 10.0. The Morgan fingerprint density at radius 1 is 1.32 bits per heavy atom. The van der Waals surface area contributed by atoms with Gasteiger partial charge in [0, 0.05) is 24.9 Å². The summed E-state index contributed by atoms with van der Waals surface area (Å²) >= 11 is 0. The first-order valence-corrected chi connectivity index (χ1v) is 6.64. The highest BCUT2D eigenvalue weighted by molar-refractivity contribution is 5.87. The van der Waals surface area contributed by atoms with E-state index in [1.807, 2.05) is 24.3 Å². The maximum Gasteiger partial charge on any atom is 0.328 e. The highest BCUT2D eigenvalue weighted by atomic mass is 16.4. The highest BCUT2D eigenvalue weighted by Gasteiger charge is 2.13. The van der Waals surface area contributed by atoms with Crippen molar-refractivity contribution in [3.8, 4) is 0 Å². The van der Waals surface area contributed by atoms with E-state index in [-0.39, 0.29) is 0 Å². The molecule has 0 fully saturated rings. The van der Waals surface area contributed by atoms with Crippen LogP contribution in [0.2, 0.25) is 0 Å². The largest absolute Gasteiger partial charge is 0.478 e. The Morgan fingerprint density at radius 2 is 1.95 bits per heavy atom. The van der Waals surface area contributed by atoms with Crippen molar-refractivity contribution in [3.63, 3.8) is 0 Å². The number of para-hydroxylation sites is 1. The van der Waals surface area contributed by atoms with E-state index in [1.165, 1.54) is 6.08 Å². The molecule has 0 saturated carbocycles. The van der Waals surface area contributed by atoms with Gasteiger partial charge in [0.1, 0.15) is 0 Å². The van der Waals surface area contributed by atoms with Gasteiger partial charge in [0.05, 0.1) is 0 Å². The number of rotatable bonds is 6. The van der Waals surface area contributed by atoms with Crippen LogP contribution in [0.3, 0.4) is 0 Å². The van der Waals surface area contributed by atoms with E-state index in [0.717, 1.165) is 17.7 Å². The van der Waals surface area contributed by atoms with Crippen molar-refractivity contribution in [2.24, 2.45) is 5.92 Å². The summed E-state index contributed by atoms with van der Waals surface area (Å²) in [5, 5.41) is 8.73. The minimum absolute atomic E-state index is 0.416. The van der Waals surface area contributed by atoms with E-state index in [2.05, 4.69) is 32.7 Å². The molecule has 3 nitrogen and oxygen atoms in total. The Morgan fingerprint density at radius 3 is 2.53 bits per heavy atom. The van der Waals surface area contributed by atoms with Gasteiger partial charge in [0.15, 0.2) is 0 Å². The van der Waals surface area contributed by atoms with E-state index in [4.69, 9.17) is 5.11 Å². The number of hydrogen-bond acceptors (Lipinski definition) is 2. The first kappa shape index (κ1) is 15.3. The van der Waals surface area contributed by atoms with E-state index in [1.54, 1.807) is 6.08 Å². The van der Waals surface area contributed by atoms with Crippen LogP contribution in [0.4, 0.5) is 5.69 Å². The third-order valence-electron chi connectivity index (χ3n) is 3.20. The lowest BCUT2D eigenvalue weighted by Crippen LogP contribution is -2.30. The monoisotopic (exact) mass is 261 g/mol. The Kier molecular flexibility index (Phi) is 5.61. The second-order valence-electron chi connectivity index (χ2n) is 5.32. The zero-order chi connectivity index (χ0) is 14.4. The highest BCUT2D eigenvalue weighted by Crippen LogP contribution is 2.24. The van der Waals surface area contributed by atoms with Crippen LogP contribution in [-0.2, 0) is 4.79 Å². The molecule has 3 heteroatoms. The van der Waals surface area contributed by atoms with Gasteiger partial charge in [-0.15, -0.1) is 0 Å². The van der Waals surface area contributed by atoms with Crippen LogP contribution < -0.4 is 4.90 Å². The van der Waals surface area contributed by atoms with Crippen molar-refractivity contribution in [2.75, 3.05) is 11.9 Å². The number of benzene rings is 1. The molecule has 1 atom stereocenters. The molecule has 1 aromatic carbocycles. The van der Waals surface area contributed by atoms with Gasteiger partial charge < -0.3 is 10.0 Å². The molecule has 0 spiro atoms. The Balaban J connectivity index is 2.96. The van der Waals surface area contributed by atoms with Gasteiger partial charge in [0.25, 0.3) is 0 Å². The molecule has 1 rings (SSSR count). The maximum absolute atomic E-state index is 10.6. The molecule has 1 N–H and O–H groups in total. The van der Waals surface area contributed by atoms with Crippen LogP contribution in [0, 0.1) is 5.92 Å². The summed E-state index contributed by atoms with van der Waals surface area (Å²) in [6.07, 6.45) is 3.93. The molecule has 0 amide bonds. The first-order chi connectivity index (χ1) is 8.91. The topological polar surface area (TPSA) is 40.5 Å². The number of nitrogens with zero attached hydrogens (tertiary/aromatic N) is 1. The third kappa shape index (κ3) is 4.78. The van der Waals surface area contributed by atoms with Crippen LogP contribution in [-0.4, -0.2) is 24.2 Å². The maximum atomic E-state index is 10.6. The van der Waals surface area contributed by atoms with Gasteiger partial charge in [-0.25, -0.2) is 4.79 Å². The molecule has 0 aromatic heterocycles. The smallest absolute Gasteiger partial charge is 0.328 e. The Hall–Kier alpha value is -1.77. The van der Waals surface area contributed by atoms with Crippen molar-refractivity contribution in [1.29, 1.82) is 0 Å². The Bertz CT molecular complexity index is 452. The van der Waals surface area contributed by atoms with Crippen molar-refractivity contribution in [3.05, 3.63) is 35.9 Å². The SMILES string of the molecule is CC(C)CC(C)N(C)c1ccccc1/C=C/C(=O)O. The molecular formula is C16H23NO2. The molecule has 0 radical (unpaired) electrons. The fourth-order valence-corrected chi connectivity index (χ4v) is 2.19. The summed E-state index contributed by atoms with van der Waals surface area (Å²) in [6.45, 7) is 6.61. The quantitative estimate of drug-likeness (QED) is 0.794. The van der Waals surface area contributed by atoms with E-state index in [9.17, 15) is 4.79 Å². The van der Waals surface area contributed by atoms with Crippen molar-refractivity contribution >= 4 is 17.7 Å². The number of carboxylic acid groups (broad SMARTS) is 1. The summed E-state index contributed by atoms with van der Waals surface area (Å²) in [5.41, 5.74) is 2.00. The number of aliphatic carboxylic acids is 1. The molecule has 1 aromatic rings. The summed E-state index contributed by atoms with van der Waals surface area (Å²) < 4.78 is 0. The number of anilines is 1. The lowest BCUT2D eigenvalue weighted by Gasteiger charge is -2.29.